The van der Waals surface area contributed by atoms with E-state index in [-0.39, 0.29) is 5.97 Å². The molecule has 2 aliphatic rings. The molecule has 0 unspecified atom stereocenters. The number of methoxy groups -OCH3 is 1. The van der Waals surface area contributed by atoms with Gasteiger partial charge in [-0.25, -0.2) is 4.79 Å². The van der Waals surface area contributed by atoms with Crippen molar-refractivity contribution in [3.8, 4) is 0 Å². The lowest BCUT2D eigenvalue weighted by atomic mass is 9.89. The summed E-state index contributed by atoms with van der Waals surface area (Å²) in [5, 5.41) is 0. The number of rotatable bonds is 2. The fourth-order valence-electron chi connectivity index (χ4n) is 2.53. The summed E-state index contributed by atoms with van der Waals surface area (Å²) in [6.07, 6.45) is 7.27. The van der Waals surface area contributed by atoms with Crippen LogP contribution in [0.1, 0.15) is 40.7 Å². The SMILES string of the molecule is COC(=O)c1ccc2c(c1)C=C(C1CC1)CC2. The second-order valence-electron chi connectivity index (χ2n) is 4.90. The van der Waals surface area contributed by atoms with E-state index in [0.717, 1.165) is 12.3 Å². The molecule has 0 amide bonds. The lowest BCUT2D eigenvalue weighted by Gasteiger charge is -2.16. The van der Waals surface area contributed by atoms with Crippen LogP contribution in [-0.4, -0.2) is 13.1 Å². The molecule has 1 fully saturated rings. The number of carbonyl (C=O) groups is 1. The van der Waals surface area contributed by atoms with Crippen molar-refractivity contribution < 1.29 is 9.53 Å². The Morgan fingerprint density at radius 3 is 2.82 bits per heavy atom. The Labute approximate surface area is 101 Å². The number of fused-ring (bicyclic) bond motifs is 1. The van der Waals surface area contributed by atoms with Crippen LogP contribution in [0.2, 0.25) is 0 Å². The molecule has 0 spiro atoms. The molecular formula is C15H16O2. The maximum absolute atomic E-state index is 11.5. The molecule has 2 nitrogen and oxygen atoms in total. The van der Waals surface area contributed by atoms with Crippen molar-refractivity contribution >= 4 is 12.0 Å². The zero-order valence-electron chi connectivity index (χ0n) is 10.0. The van der Waals surface area contributed by atoms with Crippen LogP contribution in [-0.2, 0) is 11.2 Å². The van der Waals surface area contributed by atoms with E-state index in [4.69, 9.17) is 4.74 Å². The zero-order chi connectivity index (χ0) is 11.8. The predicted octanol–water partition coefficient (Wildman–Crippen LogP) is 3.21. The molecule has 0 aliphatic heterocycles. The minimum Gasteiger partial charge on any atom is -0.465 e. The molecular weight excluding hydrogens is 212 g/mol. The van der Waals surface area contributed by atoms with Gasteiger partial charge in [0.05, 0.1) is 12.7 Å². The maximum Gasteiger partial charge on any atom is 0.337 e. The van der Waals surface area contributed by atoms with Gasteiger partial charge < -0.3 is 4.74 Å². The van der Waals surface area contributed by atoms with Gasteiger partial charge in [0.25, 0.3) is 0 Å². The van der Waals surface area contributed by atoms with Crippen molar-refractivity contribution in [3.05, 3.63) is 40.5 Å². The Bertz CT molecular complexity index is 496. The number of hydrogen-bond acceptors (Lipinski definition) is 2. The van der Waals surface area contributed by atoms with Gasteiger partial charge in [0, 0.05) is 0 Å². The first-order valence-corrected chi connectivity index (χ1v) is 6.19. The summed E-state index contributed by atoms with van der Waals surface area (Å²) in [4.78, 5) is 11.5. The fraction of sp³-hybridized carbons (Fsp3) is 0.400. The van der Waals surface area contributed by atoms with Gasteiger partial charge in [-0.2, -0.15) is 0 Å². The first-order chi connectivity index (χ1) is 8.28. The average Bonchev–Trinajstić information content (AvgIpc) is 3.20. The average molecular weight is 228 g/mol. The molecule has 0 heterocycles. The summed E-state index contributed by atoms with van der Waals surface area (Å²) in [5.41, 5.74) is 4.78. The highest BCUT2D eigenvalue weighted by atomic mass is 16.5. The highest BCUT2D eigenvalue weighted by molar-refractivity contribution is 5.90. The molecule has 3 rings (SSSR count). The molecule has 0 saturated heterocycles. The molecule has 0 N–H and O–H groups in total. The quantitative estimate of drug-likeness (QED) is 0.726. The third-order valence-corrected chi connectivity index (χ3v) is 3.69. The van der Waals surface area contributed by atoms with E-state index in [2.05, 4.69) is 12.1 Å². The van der Waals surface area contributed by atoms with Gasteiger partial charge >= 0.3 is 5.97 Å². The summed E-state index contributed by atoms with van der Waals surface area (Å²) in [5.74, 6) is 0.574. The summed E-state index contributed by atoms with van der Waals surface area (Å²) in [6, 6.07) is 5.88. The second-order valence-corrected chi connectivity index (χ2v) is 4.90. The Morgan fingerprint density at radius 1 is 1.29 bits per heavy atom. The Kier molecular flexibility index (Phi) is 2.50. The molecule has 0 aromatic heterocycles. The van der Waals surface area contributed by atoms with Crippen molar-refractivity contribution in [2.24, 2.45) is 5.92 Å². The normalized spacial score (nSPS) is 18.3. The minimum absolute atomic E-state index is 0.250. The molecule has 2 heteroatoms. The van der Waals surface area contributed by atoms with Crippen LogP contribution in [0.25, 0.3) is 6.08 Å². The van der Waals surface area contributed by atoms with Crippen molar-refractivity contribution in [1.29, 1.82) is 0 Å². The number of ether oxygens (including phenoxy) is 1. The van der Waals surface area contributed by atoms with Crippen molar-refractivity contribution in [2.75, 3.05) is 7.11 Å². The number of aryl methyl sites for hydroxylation is 1. The molecule has 1 saturated carbocycles. The second kappa shape index (κ2) is 4.02. The highest BCUT2D eigenvalue weighted by Crippen LogP contribution is 2.41. The Hall–Kier alpha value is -1.57. The number of benzene rings is 1. The summed E-state index contributed by atoms with van der Waals surface area (Å²) in [6.45, 7) is 0. The van der Waals surface area contributed by atoms with Crippen LogP contribution in [0.5, 0.6) is 0 Å². The van der Waals surface area contributed by atoms with Gasteiger partial charge in [-0.1, -0.05) is 17.7 Å². The van der Waals surface area contributed by atoms with E-state index >= 15 is 0 Å². The standard InChI is InChI=1S/C15H16O2/c1-17-15(16)13-7-5-11-4-6-12(10-2-3-10)8-14(11)9-13/h5,7-10H,2-4,6H2,1H3. The van der Waals surface area contributed by atoms with E-state index in [1.54, 1.807) is 5.57 Å². The highest BCUT2D eigenvalue weighted by Gasteiger charge is 2.27. The summed E-state index contributed by atoms with van der Waals surface area (Å²) in [7, 11) is 1.42. The molecule has 2 aliphatic carbocycles. The predicted molar refractivity (Wildman–Crippen MR) is 66.8 cm³/mol. The van der Waals surface area contributed by atoms with Crippen LogP contribution in [0.15, 0.2) is 23.8 Å². The number of allylic oxidation sites excluding steroid dienone is 1. The first kappa shape index (κ1) is 10.6. The van der Waals surface area contributed by atoms with E-state index < -0.39 is 0 Å². The lowest BCUT2D eigenvalue weighted by molar-refractivity contribution is 0.0600. The summed E-state index contributed by atoms with van der Waals surface area (Å²) < 4.78 is 4.75. The van der Waals surface area contributed by atoms with Gasteiger partial charge in [-0.3, -0.25) is 0 Å². The third kappa shape index (κ3) is 1.99. The smallest absolute Gasteiger partial charge is 0.337 e. The zero-order valence-corrected chi connectivity index (χ0v) is 10.0. The maximum atomic E-state index is 11.5. The minimum atomic E-state index is -0.250. The van der Waals surface area contributed by atoms with Crippen LogP contribution < -0.4 is 0 Å². The molecule has 0 bridgehead atoms. The monoisotopic (exact) mass is 228 g/mol. The van der Waals surface area contributed by atoms with Gasteiger partial charge in [-0.05, 0) is 54.9 Å². The third-order valence-electron chi connectivity index (χ3n) is 3.69. The largest absolute Gasteiger partial charge is 0.465 e. The van der Waals surface area contributed by atoms with Crippen LogP contribution in [0, 0.1) is 5.92 Å². The molecule has 17 heavy (non-hydrogen) atoms. The van der Waals surface area contributed by atoms with Crippen molar-refractivity contribution in [1.82, 2.24) is 0 Å². The molecule has 0 radical (unpaired) electrons. The van der Waals surface area contributed by atoms with Crippen LogP contribution in [0.4, 0.5) is 0 Å². The molecule has 1 aromatic rings. The molecule has 1 aromatic carbocycles. The van der Waals surface area contributed by atoms with Crippen molar-refractivity contribution in [3.63, 3.8) is 0 Å². The van der Waals surface area contributed by atoms with Gasteiger partial charge in [0.2, 0.25) is 0 Å². The van der Waals surface area contributed by atoms with Gasteiger partial charge in [-0.15, -0.1) is 0 Å². The number of esters is 1. The number of carbonyl (C=O) groups excluding carboxylic acids is 1. The van der Waals surface area contributed by atoms with E-state index in [1.807, 2.05) is 12.1 Å². The summed E-state index contributed by atoms with van der Waals surface area (Å²) >= 11 is 0. The van der Waals surface area contributed by atoms with E-state index in [9.17, 15) is 4.79 Å². The molecule has 88 valence electrons. The van der Waals surface area contributed by atoms with Gasteiger partial charge in [0.15, 0.2) is 0 Å². The van der Waals surface area contributed by atoms with Crippen LogP contribution >= 0.6 is 0 Å². The number of hydrogen-bond donors (Lipinski definition) is 0. The Morgan fingerprint density at radius 2 is 2.12 bits per heavy atom. The van der Waals surface area contributed by atoms with E-state index in [1.165, 1.54) is 37.5 Å². The first-order valence-electron chi connectivity index (χ1n) is 6.19. The van der Waals surface area contributed by atoms with Gasteiger partial charge in [0.1, 0.15) is 0 Å². The lowest BCUT2D eigenvalue weighted by Crippen LogP contribution is -2.05. The topological polar surface area (TPSA) is 26.3 Å². The fourth-order valence-corrected chi connectivity index (χ4v) is 2.53. The van der Waals surface area contributed by atoms with Crippen LogP contribution in [0.3, 0.4) is 0 Å². The van der Waals surface area contributed by atoms with Crippen molar-refractivity contribution in [2.45, 2.75) is 25.7 Å². The van der Waals surface area contributed by atoms with E-state index in [0.29, 0.717) is 5.56 Å². The Balaban J connectivity index is 1.96. The molecule has 0 atom stereocenters.